The van der Waals surface area contributed by atoms with Crippen LogP contribution in [0.5, 0.6) is 0 Å². The first-order chi connectivity index (χ1) is 16.7. The number of nitrogens with zero attached hydrogens (tertiary/aromatic N) is 3. The summed E-state index contributed by atoms with van der Waals surface area (Å²) in [5.41, 5.74) is 6.39. The van der Waals surface area contributed by atoms with Crippen LogP contribution in [0.2, 0.25) is 0 Å². The van der Waals surface area contributed by atoms with Crippen molar-refractivity contribution in [3.63, 3.8) is 0 Å². The summed E-state index contributed by atoms with van der Waals surface area (Å²) in [6.07, 6.45) is 1.15. The maximum absolute atomic E-state index is 13.0. The van der Waals surface area contributed by atoms with E-state index in [0.717, 1.165) is 10.8 Å². The monoisotopic (exact) mass is 477 g/mol. The van der Waals surface area contributed by atoms with E-state index < -0.39 is 6.04 Å². The molecule has 10 nitrogen and oxygen atoms in total. The molecule has 1 aliphatic heterocycles. The molecule has 5 N–H and O–H groups in total. The quantitative estimate of drug-likeness (QED) is 0.328. The number of H-pyrrole nitrogens is 1. The second kappa shape index (κ2) is 10.2. The molecule has 0 saturated carbocycles. The van der Waals surface area contributed by atoms with Crippen molar-refractivity contribution in [3.8, 4) is 0 Å². The highest BCUT2D eigenvalue weighted by Crippen LogP contribution is 2.28. The molecular weight excluding hydrogens is 446 g/mol. The van der Waals surface area contributed by atoms with E-state index in [1.165, 1.54) is 4.90 Å². The lowest BCUT2D eigenvalue weighted by Gasteiger charge is -2.25. The predicted molar refractivity (Wildman–Crippen MR) is 132 cm³/mol. The molecule has 10 heteroatoms. The third-order valence-electron chi connectivity index (χ3n) is 6.11. The Kier molecular flexibility index (Phi) is 7.11. The molecule has 35 heavy (non-hydrogen) atoms. The molecule has 0 saturated heterocycles. The lowest BCUT2D eigenvalue weighted by atomic mass is 10.0. The van der Waals surface area contributed by atoms with Crippen molar-refractivity contribution in [1.82, 2.24) is 30.7 Å². The van der Waals surface area contributed by atoms with Gasteiger partial charge in [-0.1, -0.05) is 38.1 Å². The molecule has 2 atom stereocenters. The first kappa shape index (κ1) is 24.3. The summed E-state index contributed by atoms with van der Waals surface area (Å²) < 4.78 is 0. The highest BCUT2D eigenvalue weighted by Gasteiger charge is 2.35. The number of hydrogen-bond donors (Lipinski definition) is 4. The second-order valence-corrected chi connectivity index (χ2v) is 9.40. The van der Waals surface area contributed by atoms with Crippen LogP contribution in [0.1, 0.15) is 60.2 Å². The van der Waals surface area contributed by atoms with E-state index in [2.05, 4.69) is 25.8 Å². The Labute approximate surface area is 203 Å². The van der Waals surface area contributed by atoms with Gasteiger partial charge in [0.1, 0.15) is 5.82 Å². The highest BCUT2D eigenvalue weighted by molar-refractivity contribution is 6.23. The molecule has 3 amide bonds. The first-order valence-electron chi connectivity index (χ1n) is 11.8. The van der Waals surface area contributed by atoms with Crippen molar-refractivity contribution in [2.24, 2.45) is 5.92 Å². The van der Waals surface area contributed by atoms with E-state index in [9.17, 15) is 14.4 Å². The zero-order valence-electron chi connectivity index (χ0n) is 20.2. The summed E-state index contributed by atoms with van der Waals surface area (Å²) in [5, 5.41) is 14.5. The number of aromatic amines is 1. The van der Waals surface area contributed by atoms with Crippen LogP contribution >= 0.6 is 0 Å². The van der Waals surface area contributed by atoms with Gasteiger partial charge in [-0.05, 0) is 48.6 Å². The van der Waals surface area contributed by atoms with Gasteiger partial charge in [-0.2, -0.15) is 4.98 Å². The van der Waals surface area contributed by atoms with E-state index in [1.54, 1.807) is 12.1 Å². The summed E-state index contributed by atoms with van der Waals surface area (Å²) >= 11 is 0. The molecule has 0 radical (unpaired) electrons. The van der Waals surface area contributed by atoms with Gasteiger partial charge in [-0.25, -0.2) is 0 Å². The molecule has 0 unspecified atom stereocenters. The number of nitrogen functional groups attached to an aromatic ring is 1. The molecule has 4 rings (SSSR count). The molecule has 2 aromatic carbocycles. The van der Waals surface area contributed by atoms with Crippen LogP contribution in [-0.4, -0.2) is 56.4 Å². The number of anilines is 1. The third kappa shape index (κ3) is 5.48. The van der Waals surface area contributed by atoms with Gasteiger partial charge < -0.3 is 16.4 Å². The fourth-order valence-corrected chi connectivity index (χ4v) is 4.34. The number of benzene rings is 2. The summed E-state index contributed by atoms with van der Waals surface area (Å²) in [7, 11) is 0. The zero-order valence-corrected chi connectivity index (χ0v) is 20.2. The number of aromatic nitrogens is 3. The zero-order chi connectivity index (χ0) is 25.1. The van der Waals surface area contributed by atoms with Crippen LogP contribution in [0, 0.1) is 5.92 Å². The van der Waals surface area contributed by atoms with Gasteiger partial charge in [0.05, 0.1) is 23.7 Å². The summed E-state index contributed by atoms with van der Waals surface area (Å²) in [5.74, 6) is 0.188. The summed E-state index contributed by atoms with van der Waals surface area (Å²) in [6, 6.07) is 10.7. The van der Waals surface area contributed by atoms with Crippen molar-refractivity contribution >= 4 is 34.4 Å². The van der Waals surface area contributed by atoms with Crippen LogP contribution < -0.4 is 16.4 Å². The molecule has 3 aromatic rings. The number of nitrogens with one attached hydrogen (secondary N) is 3. The van der Waals surface area contributed by atoms with Gasteiger partial charge >= 0.3 is 0 Å². The minimum absolute atomic E-state index is 0.103. The third-order valence-corrected chi connectivity index (χ3v) is 6.11. The van der Waals surface area contributed by atoms with E-state index in [-0.39, 0.29) is 48.7 Å². The number of rotatable bonds is 10. The Morgan fingerprint density at radius 1 is 1.09 bits per heavy atom. The molecule has 184 valence electrons. The van der Waals surface area contributed by atoms with Crippen molar-refractivity contribution in [2.75, 3.05) is 12.3 Å². The topological polar surface area (TPSA) is 146 Å². The van der Waals surface area contributed by atoms with Crippen molar-refractivity contribution in [2.45, 2.75) is 52.2 Å². The maximum Gasteiger partial charge on any atom is 0.261 e. The average Bonchev–Trinajstić information content (AvgIpc) is 3.34. The van der Waals surface area contributed by atoms with Gasteiger partial charge in [0, 0.05) is 12.6 Å². The van der Waals surface area contributed by atoms with Gasteiger partial charge in [0.2, 0.25) is 11.9 Å². The molecule has 0 fully saturated rings. The fourth-order valence-electron chi connectivity index (χ4n) is 4.34. The van der Waals surface area contributed by atoms with Crippen LogP contribution in [0.25, 0.3) is 10.8 Å². The normalized spacial score (nSPS) is 15.0. The Hall–Kier alpha value is -3.79. The number of amides is 3. The van der Waals surface area contributed by atoms with E-state index >= 15 is 0 Å². The number of hydrogen-bond acceptors (Lipinski definition) is 7. The lowest BCUT2D eigenvalue weighted by Crippen LogP contribution is -2.49. The van der Waals surface area contributed by atoms with Crippen LogP contribution in [0.3, 0.4) is 0 Å². The van der Waals surface area contributed by atoms with Crippen LogP contribution in [0.4, 0.5) is 5.95 Å². The van der Waals surface area contributed by atoms with E-state index in [0.29, 0.717) is 29.8 Å². The molecule has 0 bridgehead atoms. The Balaban J connectivity index is 1.36. The summed E-state index contributed by atoms with van der Waals surface area (Å²) in [4.78, 5) is 44.0. The van der Waals surface area contributed by atoms with Crippen molar-refractivity contribution < 1.29 is 14.4 Å². The molecular formula is C25H31N7O3. The van der Waals surface area contributed by atoms with Crippen molar-refractivity contribution in [1.29, 1.82) is 0 Å². The number of imide groups is 1. The van der Waals surface area contributed by atoms with Crippen LogP contribution in [-0.2, 0) is 11.3 Å². The molecule has 1 aliphatic rings. The molecule has 2 heterocycles. The average molecular weight is 478 g/mol. The van der Waals surface area contributed by atoms with E-state index in [4.69, 9.17) is 5.73 Å². The SMILES string of the molecule is CC(C)C[C@H](N[C@H](C)CCN1C(=O)c2cc3ccccc3cc2C1=O)C(=O)NCc1nc(N)n[nH]1. The smallest absolute Gasteiger partial charge is 0.261 e. The van der Waals surface area contributed by atoms with Crippen LogP contribution in [0.15, 0.2) is 36.4 Å². The second-order valence-electron chi connectivity index (χ2n) is 9.40. The largest absolute Gasteiger partial charge is 0.367 e. The number of carbonyl (C=O) groups is 3. The molecule has 0 aliphatic carbocycles. The fraction of sp³-hybridized carbons (Fsp3) is 0.400. The van der Waals surface area contributed by atoms with Gasteiger partial charge in [0.15, 0.2) is 0 Å². The predicted octanol–water partition coefficient (Wildman–Crippen LogP) is 2.24. The van der Waals surface area contributed by atoms with E-state index in [1.807, 2.05) is 45.0 Å². The first-order valence-corrected chi connectivity index (χ1v) is 11.8. The lowest BCUT2D eigenvalue weighted by molar-refractivity contribution is -0.124. The summed E-state index contributed by atoms with van der Waals surface area (Å²) in [6.45, 7) is 6.50. The Morgan fingerprint density at radius 2 is 1.71 bits per heavy atom. The number of carbonyl (C=O) groups excluding carboxylic acids is 3. The minimum atomic E-state index is -0.433. The van der Waals surface area contributed by atoms with Gasteiger partial charge in [-0.3, -0.25) is 24.4 Å². The van der Waals surface area contributed by atoms with Gasteiger partial charge in [-0.15, -0.1) is 5.10 Å². The van der Waals surface area contributed by atoms with Crippen molar-refractivity contribution in [3.05, 3.63) is 53.3 Å². The standard InChI is InChI=1S/C25H31N7O3/c1-14(2)10-20(22(33)27-13-21-29-25(26)31-30-21)28-15(3)8-9-32-23(34)18-11-16-6-4-5-7-17(16)12-19(18)24(32)35/h4-7,11-12,14-15,20,28H,8-10,13H2,1-3H3,(H,27,33)(H3,26,29,30,31)/t15-,20+/m1/s1. The number of fused-ring (bicyclic) bond motifs is 2. The Morgan fingerprint density at radius 3 is 2.26 bits per heavy atom. The number of nitrogens with two attached hydrogens (primary N) is 1. The van der Waals surface area contributed by atoms with Gasteiger partial charge in [0.25, 0.3) is 11.8 Å². The molecule has 0 spiro atoms. The highest BCUT2D eigenvalue weighted by atomic mass is 16.2. The Bertz CT molecular complexity index is 1200. The maximum atomic E-state index is 13.0. The minimum Gasteiger partial charge on any atom is -0.367 e. The molecule has 1 aromatic heterocycles.